The van der Waals surface area contributed by atoms with Crippen LogP contribution in [0.15, 0.2) is 48.5 Å². The maximum atomic E-state index is 11.4. The van der Waals surface area contributed by atoms with Crippen molar-refractivity contribution in [3.8, 4) is 0 Å². The summed E-state index contributed by atoms with van der Waals surface area (Å²) in [6, 6.07) is 15.5. The standard InChI is InChI=1S/C20H27N5O/c21-16-6-8-17(9-7-16)25-14-12-24(13-15-25)11-3-10-23-19-5-2-1-4-18(19)20(22)26/h1-2,4-9,23H,3,10-15,21H2,(H2,22,26). The van der Waals surface area contributed by atoms with Gasteiger partial charge in [-0.25, -0.2) is 0 Å². The molecule has 2 aromatic rings. The molecule has 0 aliphatic carbocycles. The molecule has 0 aromatic heterocycles. The Morgan fingerprint density at radius 3 is 2.38 bits per heavy atom. The zero-order valence-electron chi connectivity index (χ0n) is 15.0. The predicted molar refractivity (Wildman–Crippen MR) is 108 cm³/mol. The van der Waals surface area contributed by atoms with E-state index in [0.717, 1.165) is 57.1 Å². The molecule has 1 saturated heterocycles. The topological polar surface area (TPSA) is 87.6 Å². The highest BCUT2D eigenvalue weighted by atomic mass is 16.1. The lowest BCUT2D eigenvalue weighted by molar-refractivity contribution is 0.100. The molecule has 26 heavy (non-hydrogen) atoms. The first kappa shape index (κ1) is 18.1. The van der Waals surface area contributed by atoms with E-state index in [9.17, 15) is 4.79 Å². The second kappa shape index (κ2) is 8.58. The Balaban J connectivity index is 1.39. The molecule has 1 fully saturated rings. The molecule has 138 valence electrons. The molecule has 2 aromatic carbocycles. The van der Waals surface area contributed by atoms with Gasteiger partial charge in [-0.1, -0.05) is 12.1 Å². The average Bonchev–Trinajstić information content (AvgIpc) is 2.66. The molecule has 6 nitrogen and oxygen atoms in total. The minimum atomic E-state index is -0.396. The summed E-state index contributed by atoms with van der Waals surface area (Å²) in [4.78, 5) is 16.3. The highest BCUT2D eigenvalue weighted by Gasteiger charge is 2.16. The number of para-hydroxylation sites is 1. The summed E-state index contributed by atoms with van der Waals surface area (Å²) < 4.78 is 0. The minimum Gasteiger partial charge on any atom is -0.399 e. The third kappa shape index (κ3) is 4.67. The van der Waals surface area contributed by atoms with Gasteiger partial charge in [0.1, 0.15) is 0 Å². The number of anilines is 3. The quantitative estimate of drug-likeness (QED) is 0.523. The predicted octanol–water partition coefficient (Wildman–Crippen LogP) is 1.99. The molecule has 5 N–H and O–H groups in total. The lowest BCUT2D eigenvalue weighted by atomic mass is 10.1. The number of carbonyl (C=O) groups is 1. The maximum Gasteiger partial charge on any atom is 0.250 e. The average molecular weight is 353 g/mol. The van der Waals surface area contributed by atoms with Crippen LogP contribution in [0.25, 0.3) is 0 Å². The molecule has 3 rings (SSSR count). The first-order chi connectivity index (χ1) is 12.6. The van der Waals surface area contributed by atoms with Gasteiger partial charge in [0.25, 0.3) is 5.91 Å². The van der Waals surface area contributed by atoms with Gasteiger partial charge in [0.2, 0.25) is 0 Å². The van der Waals surface area contributed by atoms with Crippen molar-refractivity contribution < 1.29 is 4.79 Å². The largest absolute Gasteiger partial charge is 0.399 e. The number of hydrogen-bond acceptors (Lipinski definition) is 5. The Labute approximate surface area is 154 Å². The van der Waals surface area contributed by atoms with Crippen LogP contribution >= 0.6 is 0 Å². The smallest absolute Gasteiger partial charge is 0.250 e. The van der Waals surface area contributed by atoms with Gasteiger partial charge < -0.3 is 21.7 Å². The van der Waals surface area contributed by atoms with Crippen molar-refractivity contribution in [2.45, 2.75) is 6.42 Å². The number of amides is 1. The van der Waals surface area contributed by atoms with E-state index in [0.29, 0.717) is 5.56 Å². The van der Waals surface area contributed by atoms with Gasteiger partial charge in [-0.15, -0.1) is 0 Å². The summed E-state index contributed by atoms with van der Waals surface area (Å²) in [6.07, 6.45) is 1.02. The normalized spacial score (nSPS) is 15.0. The zero-order valence-corrected chi connectivity index (χ0v) is 15.0. The van der Waals surface area contributed by atoms with Crippen LogP contribution in [0.2, 0.25) is 0 Å². The van der Waals surface area contributed by atoms with Crippen molar-refractivity contribution in [2.24, 2.45) is 5.73 Å². The third-order valence-electron chi connectivity index (χ3n) is 4.79. The van der Waals surface area contributed by atoms with E-state index >= 15 is 0 Å². The number of nitrogen functional groups attached to an aromatic ring is 1. The molecule has 0 bridgehead atoms. The molecule has 1 aliphatic heterocycles. The van der Waals surface area contributed by atoms with Gasteiger partial charge in [-0.3, -0.25) is 9.69 Å². The number of rotatable bonds is 7. The molecule has 0 spiro atoms. The van der Waals surface area contributed by atoms with E-state index in [2.05, 4.69) is 27.2 Å². The lowest BCUT2D eigenvalue weighted by Gasteiger charge is -2.36. The van der Waals surface area contributed by atoms with Crippen LogP contribution in [0.4, 0.5) is 17.1 Å². The van der Waals surface area contributed by atoms with E-state index in [1.54, 1.807) is 6.07 Å². The fourth-order valence-electron chi connectivity index (χ4n) is 3.29. The number of nitrogens with two attached hydrogens (primary N) is 2. The lowest BCUT2D eigenvalue weighted by Crippen LogP contribution is -2.46. The summed E-state index contributed by atoms with van der Waals surface area (Å²) >= 11 is 0. The van der Waals surface area contributed by atoms with Crippen LogP contribution in [-0.4, -0.2) is 50.1 Å². The Morgan fingerprint density at radius 1 is 1.00 bits per heavy atom. The summed E-state index contributed by atoms with van der Waals surface area (Å²) in [7, 11) is 0. The molecule has 0 radical (unpaired) electrons. The van der Waals surface area contributed by atoms with Crippen molar-refractivity contribution in [1.82, 2.24) is 4.90 Å². The second-order valence-electron chi connectivity index (χ2n) is 6.61. The minimum absolute atomic E-state index is 0.396. The molecule has 0 atom stereocenters. The molecule has 1 aliphatic rings. The molecule has 0 unspecified atom stereocenters. The number of carbonyl (C=O) groups excluding carboxylic acids is 1. The van der Waals surface area contributed by atoms with Gasteiger partial charge in [0, 0.05) is 49.8 Å². The summed E-state index contributed by atoms with van der Waals surface area (Å²) in [5.74, 6) is -0.396. The molecule has 1 amide bonds. The fourth-order valence-corrected chi connectivity index (χ4v) is 3.29. The number of piperazine rings is 1. The molecular weight excluding hydrogens is 326 g/mol. The van der Waals surface area contributed by atoms with Crippen LogP contribution in [-0.2, 0) is 0 Å². The van der Waals surface area contributed by atoms with Gasteiger partial charge in [-0.2, -0.15) is 0 Å². The molecule has 6 heteroatoms. The summed E-state index contributed by atoms with van der Waals surface area (Å²) in [5.41, 5.74) is 14.6. The molecule has 0 saturated carbocycles. The van der Waals surface area contributed by atoms with E-state index in [1.165, 1.54) is 5.69 Å². The number of benzene rings is 2. The molecule has 1 heterocycles. The van der Waals surface area contributed by atoms with Gasteiger partial charge in [0.05, 0.1) is 5.56 Å². The van der Waals surface area contributed by atoms with Crippen LogP contribution in [0.1, 0.15) is 16.8 Å². The van der Waals surface area contributed by atoms with E-state index < -0.39 is 5.91 Å². The van der Waals surface area contributed by atoms with Gasteiger partial charge in [0.15, 0.2) is 0 Å². The van der Waals surface area contributed by atoms with Crippen LogP contribution < -0.4 is 21.7 Å². The zero-order chi connectivity index (χ0) is 18.4. The van der Waals surface area contributed by atoms with Crippen molar-refractivity contribution in [2.75, 3.05) is 55.2 Å². The Kier molecular flexibility index (Phi) is 5.96. The van der Waals surface area contributed by atoms with E-state index in [4.69, 9.17) is 11.5 Å². The first-order valence-corrected chi connectivity index (χ1v) is 9.09. The summed E-state index contributed by atoms with van der Waals surface area (Å²) in [6.45, 7) is 6.04. The van der Waals surface area contributed by atoms with Crippen molar-refractivity contribution >= 4 is 23.0 Å². The van der Waals surface area contributed by atoms with Crippen molar-refractivity contribution in [1.29, 1.82) is 0 Å². The Hall–Kier alpha value is -2.73. The first-order valence-electron chi connectivity index (χ1n) is 9.09. The van der Waals surface area contributed by atoms with Gasteiger partial charge in [-0.05, 0) is 49.4 Å². The van der Waals surface area contributed by atoms with E-state index in [-0.39, 0.29) is 0 Å². The number of nitrogens with one attached hydrogen (secondary N) is 1. The van der Waals surface area contributed by atoms with Crippen LogP contribution in [0, 0.1) is 0 Å². The fraction of sp³-hybridized carbons (Fsp3) is 0.350. The van der Waals surface area contributed by atoms with Crippen molar-refractivity contribution in [3.63, 3.8) is 0 Å². The van der Waals surface area contributed by atoms with Gasteiger partial charge >= 0.3 is 0 Å². The second-order valence-corrected chi connectivity index (χ2v) is 6.61. The third-order valence-corrected chi connectivity index (χ3v) is 4.79. The number of hydrogen-bond donors (Lipinski definition) is 3. The highest BCUT2D eigenvalue weighted by Crippen LogP contribution is 2.18. The van der Waals surface area contributed by atoms with Crippen LogP contribution in [0.3, 0.4) is 0 Å². The number of primary amides is 1. The SMILES string of the molecule is NC(=O)c1ccccc1NCCCN1CCN(c2ccc(N)cc2)CC1. The van der Waals surface area contributed by atoms with Crippen molar-refractivity contribution in [3.05, 3.63) is 54.1 Å². The maximum absolute atomic E-state index is 11.4. The Bertz CT molecular complexity index is 723. The molecular formula is C20H27N5O. The monoisotopic (exact) mass is 353 g/mol. The summed E-state index contributed by atoms with van der Waals surface area (Å²) in [5, 5.41) is 3.32. The highest BCUT2D eigenvalue weighted by molar-refractivity contribution is 5.98. The van der Waals surface area contributed by atoms with Crippen LogP contribution in [0.5, 0.6) is 0 Å². The number of nitrogens with zero attached hydrogens (tertiary/aromatic N) is 2. The van der Waals surface area contributed by atoms with E-state index in [1.807, 2.05) is 30.3 Å². The Morgan fingerprint density at radius 2 is 1.69 bits per heavy atom.